The van der Waals surface area contributed by atoms with E-state index in [1.165, 1.54) is 0 Å². The molecule has 1 aliphatic rings. The predicted octanol–water partition coefficient (Wildman–Crippen LogP) is 2.44. The fourth-order valence-corrected chi connectivity index (χ4v) is 3.52. The zero-order valence-electron chi connectivity index (χ0n) is 15.0. The number of ether oxygens (including phenoxy) is 1. The minimum absolute atomic E-state index is 0.0668. The van der Waals surface area contributed by atoms with Crippen LogP contribution in [0, 0.1) is 0 Å². The molecule has 1 amide bonds. The molecule has 0 saturated carbocycles. The van der Waals surface area contributed by atoms with Crippen molar-refractivity contribution in [2.24, 2.45) is 0 Å². The zero-order valence-corrected chi connectivity index (χ0v) is 15.8. The average molecular weight is 386 g/mol. The second-order valence-corrected chi connectivity index (χ2v) is 6.83. The quantitative estimate of drug-likeness (QED) is 0.690. The summed E-state index contributed by atoms with van der Waals surface area (Å²) < 4.78 is 7.00. The first kappa shape index (κ1) is 17.6. The lowest BCUT2D eigenvalue weighted by molar-refractivity contribution is -0.132. The summed E-state index contributed by atoms with van der Waals surface area (Å²) in [4.78, 5) is 20.9. The summed E-state index contributed by atoms with van der Waals surface area (Å²) >= 11 is 6.10. The molecular formula is C19H20ClN5O2. The Labute approximate surface area is 162 Å². The van der Waals surface area contributed by atoms with Crippen molar-refractivity contribution in [2.75, 3.05) is 38.2 Å². The van der Waals surface area contributed by atoms with Crippen LogP contribution in [-0.2, 0) is 11.3 Å². The molecule has 0 bridgehead atoms. The van der Waals surface area contributed by atoms with Crippen LogP contribution in [0.2, 0.25) is 5.02 Å². The molecule has 2 aromatic heterocycles. The van der Waals surface area contributed by atoms with E-state index in [2.05, 4.69) is 15.0 Å². The normalized spacial score (nSPS) is 14.6. The van der Waals surface area contributed by atoms with Gasteiger partial charge in [0, 0.05) is 49.5 Å². The number of anilines is 1. The number of fused-ring (bicyclic) bond motifs is 1. The molecule has 0 radical (unpaired) electrons. The Bertz CT molecular complexity index is 966. The van der Waals surface area contributed by atoms with E-state index < -0.39 is 0 Å². The van der Waals surface area contributed by atoms with Crippen molar-refractivity contribution in [2.45, 2.75) is 6.54 Å². The van der Waals surface area contributed by atoms with Gasteiger partial charge in [-0.1, -0.05) is 11.6 Å². The molecule has 7 nitrogen and oxygen atoms in total. The fraction of sp³-hybridized carbons (Fsp3) is 0.316. The van der Waals surface area contributed by atoms with Gasteiger partial charge in [-0.25, -0.2) is 0 Å². The van der Waals surface area contributed by atoms with Crippen LogP contribution in [0.15, 0.2) is 42.9 Å². The first-order valence-electron chi connectivity index (χ1n) is 8.77. The highest BCUT2D eigenvalue weighted by molar-refractivity contribution is 6.32. The van der Waals surface area contributed by atoms with Crippen LogP contribution >= 0.6 is 11.6 Å². The third kappa shape index (κ3) is 3.55. The zero-order chi connectivity index (χ0) is 18.8. The third-order valence-electron chi connectivity index (χ3n) is 4.86. The molecule has 0 atom stereocenters. The number of pyridine rings is 1. The summed E-state index contributed by atoms with van der Waals surface area (Å²) in [5.74, 6) is 0.726. The van der Waals surface area contributed by atoms with Crippen LogP contribution in [0.3, 0.4) is 0 Å². The first-order valence-corrected chi connectivity index (χ1v) is 9.15. The van der Waals surface area contributed by atoms with Crippen LogP contribution in [-0.4, -0.2) is 58.9 Å². The number of carbonyl (C=O) groups is 1. The third-order valence-corrected chi connectivity index (χ3v) is 5.18. The second-order valence-electron chi connectivity index (χ2n) is 6.42. The maximum Gasteiger partial charge on any atom is 0.244 e. The largest absolute Gasteiger partial charge is 0.495 e. The van der Waals surface area contributed by atoms with Crippen molar-refractivity contribution in [3.05, 3.63) is 47.9 Å². The minimum Gasteiger partial charge on any atom is -0.495 e. The van der Waals surface area contributed by atoms with Gasteiger partial charge >= 0.3 is 0 Å². The molecule has 8 heteroatoms. The van der Waals surface area contributed by atoms with Crippen molar-refractivity contribution >= 4 is 34.1 Å². The molecule has 3 heterocycles. The average Bonchev–Trinajstić information content (AvgIpc) is 3.11. The molecule has 27 heavy (non-hydrogen) atoms. The molecule has 0 spiro atoms. The van der Waals surface area contributed by atoms with E-state index in [4.69, 9.17) is 16.3 Å². The van der Waals surface area contributed by atoms with Crippen molar-refractivity contribution in [3.63, 3.8) is 0 Å². The summed E-state index contributed by atoms with van der Waals surface area (Å²) in [6.07, 6.45) is 5.22. The van der Waals surface area contributed by atoms with Crippen LogP contribution in [0.25, 0.3) is 10.9 Å². The summed E-state index contributed by atoms with van der Waals surface area (Å²) in [6, 6.07) is 7.64. The van der Waals surface area contributed by atoms with Crippen LogP contribution in [0.5, 0.6) is 5.75 Å². The fourth-order valence-electron chi connectivity index (χ4n) is 3.33. The molecule has 3 aromatic rings. The van der Waals surface area contributed by atoms with Crippen molar-refractivity contribution in [1.82, 2.24) is 19.7 Å². The Morgan fingerprint density at radius 1 is 1.19 bits per heavy atom. The van der Waals surface area contributed by atoms with Gasteiger partial charge in [0.2, 0.25) is 5.91 Å². The molecule has 1 fully saturated rings. The number of nitrogens with zero attached hydrogens (tertiary/aromatic N) is 5. The van der Waals surface area contributed by atoms with E-state index in [-0.39, 0.29) is 12.5 Å². The van der Waals surface area contributed by atoms with Gasteiger partial charge in [-0.15, -0.1) is 0 Å². The van der Waals surface area contributed by atoms with Gasteiger partial charge in [0.1, 0.15) is 12.3 Å². The van der Waals surface area contributed by atoms with Crippen LogP contribution in [0.1, 0.15) is 0 Å². The lowest BCUT2D eigenvalue weighted by atomic mass is 10.2. The molecule has 1 aliphatic heterocycles. The van der Waals surface area contributed by atoms with Gasteiger partial charge in [0.05, 0.1) is 30.0 Å². The van der Waals surface area contributed by atoms with E-state index in [0.29, 0.717) is 23.9 Å². The molecule has 0 N–H and O–H groups in total. The lowest BCUT2D eigenvalue weighted by Gasteiger charge is -2.36. The minimum atomic E-state index is 0.0668. The summed E-state index contributed by atoms with van der Waals surface area (Å²) in [5.41, 5.74) is 1.92. The first-order chi connectivity index (χ1) is 13.2. The summed E-state index contributed by atoms with van der Waals surface area (Å²) in [5, 5.41) is 5.89. The van der Waals surface area contributed by atoms with Gasteiger partial charge < -0.3 is 14.5 Å². The van der Waals surface area contributed by atoms with Gasteiger partial charge in [0.15, 0.2) is 0 Å². The van der Waals surface area contributed by atoms with Gasteiger partial charge in [-0.3, -0.25) is 14.5 Å². The lowest BCUT2D eigenvalue weighted by Crippen LogP contribution is -2.49. The number of benzene rings is 1. The summed E-state index contributed by atoms with van der Waals surface area (Å²) in [6.45, 7) is 3.09. The van der Waals surface area contributed by atoms with Crippen molar-refractivity contribution in [3.8, 4) is 5.75 Å². The Balaban J connectivity index is 1.39. The number of methoxy groups -OCH3 is 1. The molecule has 1 saturated heterocycles. The van der Waals surface area contributed by atoms with Crippen LogP contribution < -0.4 is 9.64 Å². The van der Waals surface area contributed by atoms with E-state index in [9.17, 15) is 4.79 Å². The van der Waals surface area contributed by atoms with E-state index in [1.54, 1.807) is 30.4 Å². The van der Waals surface area contributed by atoms with Gasteiger partial charge in [0.25, 0.3) is 0 Å². The van der Waals surface area contributed by atoms with Crippen molar-refractivity contribution in [1.29, 1.82) is 0 Å². The van der Waals surface area contributed by atoms with Crippen molar-refractivity contribution < 1.29 is 9.53 Å². The Morgan fingerprint density at radius 3 is 2.78 bits per heavy atom. The number of carbonyl (C=O) groups excluding carboxylic acids is 1. The van der Waals surface area contributed by atoms with Crippen LogP contribution in [0.4, 0.5) is 5.69 Å². The number of piperazine rings is 1. The highest BCUT2D eigenvalue weighted by atomic mass is 35.5. The number of amides is 1. The molecule has 140 valence electrons. The smallest absolute Gasteiger partial charge is 0.244 e. The topological polar surface area (TPSA) is 63.5 Å². The molecule has 4 rings (SSSR count). The maximum atomic E-state index is 12.7. The second kappa shape index (κ2) is 7.44. The van der Waals surface area contributed by atoms with E-state index in [0.717, 1.165) is 29.7 Å². The molecule has 0 aliphatic carbocycles. The summed E-state index contributed by atoms with van der Waals surface area (Å²) in [7, 11) is 1.61. The number of rotatable bonds is 4. The number of halogens is 1. The highest BCUT2D eigenvalue weighted by Crippen LogP contribution is 2.29. The SMILES string of the molecule is COc1cc(N2CCN(C(=O)Cn3ncc4ccncc43)CC2)ccc1Cl. The highest BCUT2D eigenvalue weighted by Gasteiger charge is 2.22. The number of hydrogen-bond acceptors (Lipinski definition) is 5. The van der Waals surface area contributed by atoms with E-state index in [1.807, 2.05) is 29.2 Å². The van der Waals surface area contributed by atoms with Gasteiger partial charge in [-0.05, 0) is 18.2 Å². The predicted molar refractivity (Wildman–Crippen MR) is 104 cm³/mol. The Hall–Kier alpha value is -2.80. The van der Waals surface area contributed by atoms with Gasteiger partial charge in [-0.2, -0.15) is 5.10 Å². The number of hydrogen-bond donors (Lipinski definition) is 0. The standard InChI is InChI=1S/C19H20ClN5O2/c1-27-18-10-15(2-3-16(18)20)23-6-8-24(9-7-23)19(26)13-25-17-12-21-5-4-14(17)11-22-25/h2-5,10-12H,6-9,13H2,1H3. The monoisotopic (exact) mass is 385 g/mol. The molecule has 1 aromatic carbocycles. The Kier molecular flexibility index (Phi) is 4.85. The molecule has 0 unspecified atom stereocenters. The Morgan fingerprint density at radius 2 is 2.00 bits per heavy atom. The van der Waals surface area contributed by atoms with E-state index >= 15 is 0 Å². The maximum absolute atomic E-state index is 12.7. The molecular weight excluding hydrogens is 366 g/mol. The number of aromatic nitrogens is 3.